The van der Waals surface area contributed by atoms with Gasteiger partial charge < -0.3 is 29.7 Å². The van der Waals surface area contributed by atoms with Crippen molar-refractivity contribution in [1.82, 2.24) is 20.4 Å². The summed E-state index contributed by atoms with van der Waals surface area (Å²) < 4.78 is 30.6. The number of carbonyl (C=O) groups excluding carboxylic acids is 5. The van der Waals surface area contributed by atoms with Crippen molar-refractivity contribution in [3.8, 4) is 0 Å². The van der Waals surface area contributed by atoms with Crippen LogP contribution in [-0.2, 0) is 41.7 Å². The molecule has 1 aromatic carbocycles. The molecule has 0 radical (unpaired) electrons. The Morgan fingerprint density at radius 3 is 2.61 bits per heavy atom. The Morgan fingerprint density at radius 1 is 1.11 bits per heavy atom. The van der Waals surface area contributed by atoms with Crippen LogP contribution in [-0.4, -0.2) is 82.8 Å². The highest BCUT2D eigenvalue weighted by molar-refractivity contribution is 5.96. The number of nitrogens with zero attached hydrogens (tertiary/aromatic N) is 2. The third kappa shape index (κ3) is 7.28. The van der Waals surface area contributed by atoms with E-state index in [4.69, 9.17) is 14.2 Å². The number of allylic oxidation sites excluding steroid dienone is 1. The molecule has 46 heavy (non-hydrogen) atoms. The average molecular weight is 643 g/mol. The molecule has 2 N–H and O–H groups in total. The summed E-state index contributed by atoms with van der Waals surface area (Å²) >= 11 is 0. The highest BCUT2D eigenvalue weighted by Crippen LogP contribution is 2.46. The fourth-order valence-electron chi connectivity index (χ4n) is 6.49. The molecule has 0 aromatic heterocycles. The van der Waals surface area contributed by atoms with Gasteiger partial charge in [0.2, 0.25) is 11.8 Å². The molecule has 4 amide bonds. The molecule has 0 bridgehead atoms. The predicted octanol–water partition coefficient (Wildman–Crippen LogP) is 3.71. The molecule has 1 saturated carbocycles. The number of alkyl carbamates (subject to hydrolysis) is 1. The first-order valence-electron chi connectivity index (χ1n) is 15.9. The van der Waals surface area contributed by atoms with Crippen molar-refractivity contribution in [2.24, 2.45) is 5.92 Å². The summed E-state index contributed by atoms with van der Waals surface area (Å²) in [5.41, 5.74) is -0.950. The van der Waals surface area contributed by atoms with Gasteiger partial charge in [0, 0.05) is 24.4 Å². The summed E-state index contributed by atoms with van der Waals surface area (Å²) in [6, 6.07) is 2.57. The number of methoxy groups -OCH3 is 1. The van der Waals surface area contributed by atoms with E-state index < -0.39 is 65.1 Å². The summed E-state index contributed by atoms with van der Waals surface area (Å²) in [6.07, 6.45) is 5.23. The van der Waals surface area contributed by atoms with E-state index >= 15 is 0 Å². The molecule has 1 unspecified atom stereocenters. The second kappa shape index (κ2) is 13.3. The number of fused-ring (bicyclic) bond motifs is 3. The first-order chi connectivity index (χ1) is 21.8. The first-order valence-corrected chi connectivity index (χ1v) is 15.9. The van der Waals surface area contributed by atoms with Crippen LogP contribution in [0.25, 0.3) is 0 Å². The molecule has 0 spiro atoms. The lowest BCUT2D eigenvalue weighted by Gasteiger charge is -2.30. The van der Waals surface area contributed by atoms with Gasteiger partial charge in [-0.15, -0.1) is 0 Å². The molecular weight excluding hydrogens is 599 g/mol. The Hall–Kier alpha value is -4.16. The predicted molar refractivity (Wildman–Crippen MR) is 162 cm³/mol. The maximum Gasteiger partial charge on any atom is 0.410 e. The van der Waals surface area contributed by atoms with Crippen LogP contribution < -0.4 is 10.6 Å². The molecule has 13 heteroatoms. The fourth-order valence-corrected chi connectivity index (χ4v) is 6.49. The summed E-state index contributed by atoms with van der Waals surface area (Å²) in [7, 11) is 1.26. The molecule has 1 saturated heterocycles. The number of amides is 4. The fraction of sp³-hybridized carbons (Fsp3) is 0.606. The number of rotatable bonds is 3. The van der Waals surface area contributed by atoms with Gasteiger partial charge in [-0.25, -0.2) is 18.8 Å². The molecule has 5 atom stereocenters. The summed E-state index contributed by atoms with van der Waals surface area (Å²) in [6.45, 7) is 5.25. The van der Waals surface area contributed by atoms with Crippen molar-refractivity contribution < 1.29 is 42.6 Å². The molecule has 12 nitrogen and oxygen atoms in total. The van der Waals surface area contributed by atoms with Crippen LogP contribution in [0.15, 0.2) is 30.4 Å². The number of hydrogen-bond donors (Lipinski definition) is 2. The molecule has 1 aromatic rings. The lowest BCUT2D eigenvalue weighted by Crippen LogP contribution is -2.56. The minimum atomic E-state index is -1.26. The largest absolute Gasteiger partial charge is 0.467 e. The molecule has 4 aliphatic rings. The number of nitrogens with one attached hydrogen (secondary N) is 2. The van der Waals surface area contributed by atoms with Gasteiger partial charge in [-0.05, 0) is 58.1 Å². The van der Waals surface area contributed by atoms with E-state index in [-0.39, 0.29) is 32.0 Å². The van der Waals surface area contributed by atoms with Crippen LogP contribution in [0.4, 0.5) is 14.0 Å². The summed E-state index contributed by atoms with van der Waals surface area (Å²) in [5.74, 6) is -2.35. The van der Waals surface area contributed by atoms with Gasteiger partial charge in [0.15, 0.2) is 0 Å². The molecule has 250 valence electrons. The first kappa shape index (κ1) is 33.2. The molecular formula is C33H43FN4O8. The van der Waals surface area contributed by atoms with Gasteiger partial charge in [0.05, 0.1) is 20.2 Å². The van der Waals surface area contributed by atoms with Crippen molar-refractivity contribution in [1.29, 1.82) is 0 Å². The second-order valence-electron chi connectivity index (χ2n) is 13.5. The Balaban J connectivity index is 1.38. The normalized spacial score (nSPS) is 28.8. The lowest BCUT2D eigenvalue weighted by molar-refractivity contribution is -0.148. The number of esters is 1. The minimum absolute atomic E-state index is 0.0324. The molecule has 5 rings (SSSR count). The van der Waals surface area contributed by atoms with Crippen molar-refractivity contribution in [3.63, 3.8) is 0 Å². The number of ether oxygens (including phenoxy) is 3. The quantitative estimate of drug-likeness (QED) is 0.289. The van der Waals surface area contributed by atoms with Crippen LogP contribution in [0.3, 0.4) is 0 Å². The Labute approximate surface area is 268 Å². The smallest absolute Gasteiger partial charge is 0.410 e. The van der Waals surface area contributed by atoms with E-state index in [0.717, 1.165) is 19.3 Å². The summed E-state index contributed by atoms with van der Waals surface area (Å²) in [4.78, 5) is 69.6. The number of hydrogen-bond acceptors (Lipinski definition) is 8. The van der Waals surface area contributed by atoms with Crippen LogP contribution in [0.2, 0.25) is 0 Å². The van der Waals surface area contributed by atoms with E-state index in [9.17, 15) is 28.4 Å². The van der Waals surface area contributed by atoms with Gasteiger partial charge in [0.1, 0.15) is 35.1 Å². The zero-order valence-corrected chi connectivity index (χ0v) is 26.8. The number of benzene rings is 1. The van der Waals surface area contributed by atoms with Crippen molar-refractivity contribution in [3.05, 3.63) is 47.3 Å². The molecule has 1 aliphatic carbocycles. The van der Waals surface area contributed by atoms with E-state index in [1.54, 1.807) is 32.9 Å². The van der Waals surface area contributed by atoms with Crippen LogP contribution in [0.1, 0.15) is 76.8 Å². The monoisotopic (exact) mass is 642 g/mol. The highest BCUT2D eigenvalue weighted by atomic mass is 19.1. The minimum Gasteiger partial charge on any atom is -0.467 e. The highest BCUT2D eigenvalue weighted by Gasteiger charge is 2.62. The van der Waals surface area contributed by atoms with Crippen molar-refractivity contribution in [2.75, 3.05) is 13.7 Å². The Kier molecular flexibility index (Phi) is 9.59. The van der Waals surface area contributed by atoms with Crippen LogP contribution in [0.5, 0.6) is 0 Å². The third-order valence-corrected chi connectivity index (χ3v) is 8.93. The van der Waals surface area contributed by atoms with Crippen molar-refractivity contribution >= 4 is 30.0 Å². The Bertz CT molecular complexity index is 1410. The summed E-state index contributed by atoms with van der Waals surface area (Å²) in [5, 5.41) is 5.54. The van der Waals surface area contributed by atoms with Gasteiger partial charge >= 0.3 is 18.2 Å². The van der Waals surface area contributed by atoms with E-state index in [0.29, 0.717) is 30.4 Å². The van der Waals surface area contributed by atoms with Crippen LogP contribution >= 0.6 is 0 Å². The van der Waals surface area contributed by atoms with E-state index in [1.165, 1.54) is 23.0 Å². The van der Waals surface area contributed by atoms with Crippen LogP contribution in [0, 0.1) is 11.7 Å². The van der Waals surface area contributed by atoms with Crippen molar-refractivity contribution in [2.45, 2.75) is 108 Å². The average Bonchev–Trinajstić information content (AvgIpc) is 3.29. The maximum absolute atomic E-state index is 14.3. The van der Waals surface area contributed by atoms with Gasteiger partial charge in [-0.2, -0.15) is 0 Å². The zero-order valence-electron chi connectivity index (χ0n) is 26.8. The van der Waals surface area contributed by atoms with E-state index in [1.807, 2.05) is 12.2 Å². The number of carbonyl (C=O) groups is 5. The Morgan fingerprint density at radius 2 is 1.89 bits per heavy atom. The van der Waals surface area contributed by atoms with Gasteiger partial charge in [0.25, 0.3) is 0 Å². The number of halogens is 1. The third-order valence-electron chi connectivity index (χ3n) is 8.93. The maximum atomic E-state index is 14.3. The standard InChI is InChI=1S/C33H43FN4O8/c1-32(2,3)46-30(42)35-25-14-9-7-5-6-8-12-21-16-33(21,29(41)44-4)36-27(39)26-15-22(18-38(26)28(25)40)45-31(43)37-17-20-11-10-13-24(34)23(20)19-37/h8,10-13,21-22,25-26H,5-7,9,14-19H2,1-4H3,(H,35,42)(H,36,39)/b12-8-/t21-,22+,25+,26-,33?/m0/s1. The van der Waals surface area contributed by atoms with E-state index in [2.05, 4.69) is 10.6 Å². The zero-order chi connectivity index (χ0) is 33.2. The van der Waals surface area contributed by atoms with Gasteiger partial charge in [-0.3, -0.25) is 14.5 Å². The molecule has 3 heterocycles. The molecule has 2 fully saturated rings. The second-order valence-corrected chi connectivity index (χ2v) is 13.5. The molecule has 3 aliphatic heterocycles. The lowest BCUT2D eigenvalue weighted by atomic mass is 10.0. The SMILES string of the molecule is COC(=O)C12C[C@@H]1/C=C\CCCCC[C@@H](NC(=O)OC(C)(C)C)C(=O)N1C[C@H](OC(=O)N3Cc4cccc(F)c4C3)C[C@H]1C(=O)N2. The van der Waals surface area contributed by atoms with Gasteiger partial charge in [-0.1, -0.05) is 37.1 Å². The topological polar surface area (TPSA) is 144 Å².